The second kappa shape index (κ2) is 10.1. The number of likely N-dealkylation sites (tertiary alicyclic amines) is 1. The molecule has 0 saturated carbocycles. The third-order valence-corrected chi connectivity index (χ3v) is 7.57. The molecule has 7 heteroatoms. The molecule has 0 amide bonds. The number of nitrogens with zero attached hydrogens (tertiary/aromatic N) is 2. The Morgan fingerprint density at radius 2 is 1.87 bits per heavy atom. The van der Waals surface area contributed by atoms with Crippen LogP contribution in [-0.4, -0.2) is 28.2 Å². The summed E-state index contributed by atoms with van der Waals surface area (Å²) in [5.41, 5.74) is 1.23. The second-order valence-electron chi connectivity index (χ2n) is 9.38. The van der Waals surface area contributed by atoms with E-state index in [1.165, 1.54) is 12.0 Å². The van der Waals surface area contributed by atoms with Gasteiger partial charge in [0.1, 0.15) is 5.15 Å². The first-order valence-electron chi connectivity index (χ1n) is 10.6. The molecule has 2 heterocycles. The minimum Gasteiger partial charge on any atom is -0.295 e. The molecule has 1 aliphatic rings. The second-order valence-corrected chi connectivity index (χ2v) is 10.8. The van der Waals surface area contributed by atoms with Gasteiger partial charge in [-0.3, -0.25) is 4.90 Å². The van der Waals surface area contributed by atoms with Crippen molar-refractivity contribution in [1.82, 2.24) is 9.88 Å². The summed E-state index contributed by atoms with van der Waals surface area (Å²) in [5.74, 6) is 1.90. The normalized spacial score (nSPS) is 20.7. The molecular formula is C24H30ClF3N2S. The van der Waals surface area contributed by atoms with Crippen LogP contribution in [-0.2, 0) is 18.5 Å². The monoisotopic (exact) mass is 470 g/mol. The minimum absolute atomic E-state index is 0.151. The molecule has 1 aromatic heterocycles. The number of pyridine rings is 1. The Morgan fingerprint density at radius 3 is 2.52 bits per heavy atom. The zero-order chi connectivity index (χ0) is 22.6. The van der Waals surface area contributed by atoms with Crippen LogP contribution < -0.4 is 0 Å². The van der Waals surface area contributed by atoms with Crippen molar-refractivity contribution >= 4 is 23.4 Å². The number of piperidine rings is 1. The van der Waals surface area contributed by atoms with Crippen LogP contribution in [0.2, 0.25) is 5.15 Å². The van der Waals surface area contributed by atoms with Gasteiger partial charge >= 0.3 is 6.18 Å². The van der Waals surface area contributed by atoms with E-state index in [0.29, 0.717) is 23.3 Å². The van der Waals surface area contributed by atoms with Gasteiger partial charge in [0, 0.05) is 30.3 Å². The third kappa shape index (κ3) is 6.87. The average molecular weight is 471 g/mol. The summed E-state index contributed by atoms with van der Waals surface area (Å²) < 4.78 is 39.1. The van der Waals surface area contributed by atoms with E-state index in [2.05, 4.69) is 54.9 Å². The van der Waals surface area contributed by atoms with E-state index >= 15 is 0 Å². The van der Waals surface area contributed by atoms with E-state index in [1.54, 1.807) is 11.8 Å². The Kier molecular flexibility index (Phi) is 7.98. The third-order valence-electron chi connectivity index (χ3n) is 6.10. The van der Waals surface area contributed by atoms with Crippen LogP contribution >= 0.6 is 23.4 Å². The average Bonchev–Trinajstić information content (AvgIpc) is 2.69. The topological polar surface area (TPSA) is 16.1 Å². The van der Waals surface area contributed by atoms with E-state index in [0.717, 1.165) is 37.5 Å². The first-order chi connectivity index (χ1) is 14.5. The molecule has 0 N–H and O–H groups in total. The van der Waals surface area contributed by atoms with Crippen molar-refractivity contribution in [3.63, 3.8) is 0 Å². The Hall–Kier alpha value is -1.24. The molecule has 2 aromatic rings. The van der Waals surface area contributed by atoms with Crippen molar-refractivity contribution in [2.45, 2.75) is 58.1 Å². The molecule has 1 aromatic carbocycles. The molecular weight excluding hydrogens is 441 g/mol. The maximum Gasteiger partial charge on any atom is 0.417 e. The highest BCUT2D eigenvalue weighted by Crippen LogP contribution is 2.38. The highest BCUT2D eigenvalue weighted by molar-refractivity contribution is 7.98. The molecule has 0 spiro atoms. The number of halogens is 4. The number of hydrogen-bond donors (Lipinski definition) is 0. The molecule has 2 atom stereocenters. The van der Waals surface area contributed by atoms with Gasteiger partial charge in [-0.05, 0) is 47.9 Å². The van der Waals surface area contributed by atoms with Crippen molar-refractivity contribution in [1.29, 1.82) is 0 Å². The highest BCUT2D eigenvalue weighted by atomic mass is 35.5. The van der Waals surface area contributed by atoms with Crippen LogP contribution in [0, 0.1) is 11.3 Å². The maximum atomic E-state index is 13.0. The van der Waals surface area contributed by atoms with E-state index in [-0.39, 0.29) is 10.6 Å². The SMILES string of the molecule is CC(C)(C)C1CCN(Cc2ccccc2)[C@H](CSCc2cc(C(F)(F)F)cnc2Cl)C1. The standard InChI is InChI=1S/C24H30ClF3N2S/c1-23(2,3)19-9-10-30(14-17-7-5-4-6-8-17)21(12-19)16-31-15-18-11-20(24(26,27)28)13-29-22(18)25/h4-8,11,13,19,21H,9-10,12,14-16H2,1-3H3/t19?,21-/m0/s1. The molecule has 0 bridgehead atoms. The molecule has 0 aliphatic carbocycles. The summed E-state index contributed by atoms with van der Waals surface area (Å²) in [4.78, 5) is 6.27. The van der Waals surface area contributed by atoms with Crippen LogP contribution in [0.15, 0.2) is 42.6 Å². The van der Waals surface area contributed by atoms with Crippen LogP contribution in [0.4, 0.5) is 13.2 Å². The number of benzene rings is 1. The highest BCUT2D eigenvalue weighted by Gasteiger charge is 2.35. The summed E-state index contributed by atoms with van der Waals surface area (Å²) in [6.45, 7) is 8.82. The summed E-state index contributed by atoms with van der Waals surface area (Å²) in [6, 6.07) is 11.9. The Labute approximate surface area is 192 Å². The van der Waals surface area contributed by atoms with Crippen LogP contribution in [0.3, 0.4) is 0 Å². The van der Waals surface area contributed by atoms with E-state index in [1.807, 2.05) is 6.07 Å². The van der Waals surface area contributed by atoms with Crippen LogP contribution in [0.5, 0.6) is 0 Å². The molecule has 1 saturated heterocycles. The lowest BCUT2D eigenvalue weighted by molar-refractivity contribution is -0.137. The van der Waals surface area contributed by atoms with Gasteiger partial charge in [0.05, 0.1) is 5.56 Å². The fourth-order valence-corrected chi connectivity index (χ4v) is 5.57. The van der Waals surface area contributed by atoms with Gasteiger partial charge < -0.3 is 0 Å². The lowest BCUT2D eigenvalue weighted by atomic mass is 9.73. The van der Waals surface area contributed by atoms with Gasteiger partial charge in [0.2, 0.25) is 0 Å². The van der Waals surface area contributed by atoms with Crippen molar-refractivity contribution in [2.75, 3.05) is 12.3 Å². The zero-order valence-corrected chi connectivity index (χ0v) is 19.8. The molecule has 31 heavy (non-hydrogen) atoms. The largest absolute Gasteiger partial charge is 0.417 e. The first-order valence-corrected chi connectivity index (χ1v) is 12.1. The number of rotatable bonds is 6. The summed E-state index contributed by atoms with van der Waals surface area (Å²) in [7, 11) is 0. The maximum absolute atomic E-state index is 13.0. The summed E-state index contributed by atoms with van der Waals surface area (Å²) in [5, 5.41) is 0.151. The van der Waals surface area contributed by atoms with Crippen molar-refractivity contribution in [2.24, 2.45) is 11.3 Å². The molecule has 0 radical (unpaired) electrons. The molecule has 170 valence electrons. The quantitative estimate of drug-likeness (QED) is 0.411. The lowest BCUT2D eigenvalue weighted by Gasteiger charge is -2.44. The molecule has 1 aliphatic heterocycles. The minimum atomic E-state index is -4.41. The van der Waals surface area contributed by atoms with Crippen molar-refractivity contribution in [3.05, 3.63) is 64.4 Å². The fourth-order valence-electron chi connectivity index (χ4n) is 4.14. The summed E-state index contributed by atoms with van der Waals surface area (Å²) in [6.07, 6.45) is -1.35. The van der Waals surface area contributed by atoms with E-state index in [4.69, 9.17) is 11.6 Å². The van der Waals surface area contributed by atoms with Gasteiger partial charge in [-0.1, -0.05) is 62.7 Å². The van der Waals surface area contributed by atoms with Gasteiger partial charge in [-0.15, -0.1) is 0 Å². The van der Waals surface area contributed by atoms with Crippen molar-refractivity contribution in [3.8, 4) is 0 Å². The predicted molar refractivity (Wildman–Crippen MR) is 123 cm³/mol. The van der Waals surface area contributed by atoms with E-state index < -0.39 is 11.7 Å². The van der Waals surface area contributed by atoms with E-state index in [9.17, 15) is 13.2 Å². The lowest BCUT2D eigenvalue weighted by Crippen LogP contribution is -2.46. The smallest absolute Gasteiger partial charge is 0.295 e. The molecule has 3 rings (SSSR count). The van der Waals surface area contributed by atoms with Crippen molar-refractivity contribution < 1.29 is 13.2 Å². The van der Waals surface area contributed by atoms with Gasteiger partial charge in [0.15, 0.2) is 0 Å². The molecule has 1 unspecified atom stereocenters. The van der Waals surface area contributed by atoms with Crippen LogP contribution in [0.1, 0.15) is 50.3 Å². The van der Waals surface area contributed by atoms with Gasteiger partial charge in [0.25, 0.3) is 0 Å². The zero-order valence-electron chi connectivity index (χ0n) is 18.3. The van der Waals surface area contributed by atoms with Gasteiger partial charge in [-0.25, -0.2) is 4.98 Å². The Bertz CT molecular complexity index is 852. The van der Waals surface area contributed by atoms with Crippen LogP contribution in [0.25, 0.3) is 0 Å². The first kappa shape index (κ1) is 24.4. The molecule has 2 nitrogen and oxygen atoms in total. The Morgan fingerprint density at radius 1 is 1.16 bits per heavy atom. The fraction of sp³-hybridized carbons (Fsp3) is 0.542. The number of aromatic nitrogens is 1. The number of hydrogen-bond acceptors (Lipinski definition) is 3. The summed E-state index contributed by atoms with van der Waals surface area (Å²) >= 11 is 7.72. The molecule has 1 fully saturated rings. The van der Waals surface area contributed by atoms with Gasteiger partial charge in [-0.2, -0.15) is 24.9 Å². The predicted octanol–water partition coefficient (Wildman–Crippen LogP) is 7.31. The Balaban J connectivity index is 1.68. The number of thioether (sulfide) groups is 1. The number of alkyl halides is 3.